The Morgan fingerprint density at radius 1 is 1.48 bits per heavy atom. The number of hydrogen-bond donors (Lipinski definition) is 3. The van der Waals surface area contributed by atoms with Crippen molar-refractivity contribution in [2.45, 2.75) is 6.42 Å². The molecular weight excluding hydrogens is 281 g/mol. The number of aromatic hydroxyl groups is 1. The fourth-order valence-corrected chi connectivity index (χ4v) is 1.70. The maximum Gasteiger partial charge on any atom is 0.260 e. The van der Waals surface area contributed by atoms with E-state index in [1.807, 2.05) is 0 Å². The molecule has 0 saturated carbocycles. The molecule has 1 aromatic carbocycles. The highest BCUT2D eigenvalue weighted by Gasteiger charge is 2.22. The molecule has 0 atom stereocenters. The van der Waals surface area contributed by atoms with E-state index in [0.29, 0.717) is 0 Å². The summed E-state index contributed by atoms with van der Waals surface area (Å²) in [6.45, 7) is 0.519. The maximum atomic E-state index is 13.7. The van der Waals surface area contributed by atoms with Crippen molar-refractivity contribution in [3.8, 4) is 5.75 Å². The fourth-order valence-electron chi connectivity index (χ4n) is 1.70. The number of carbonyl (C=O) groups excluding carboxylic acids is 1. The molecule has 4 N–H and O–H groups in total. The van der Waals surface area contributed by atoms with Gasteiger partial charge < -0.3 is 25.7 Å². The normalized spacial score (nSPS) is 11.4. The lowest BCUT2D eigenvalue weighted by Gasteiger charge is -2.22. The lowest BCUT2D eigenvalue weighted by Crippen LogP contribution is -2.37. The molecule has 7 nitrogen and oxygen atoms in total. The van der Waals surface area contributed by atoms with Crippen LogP contribution >= 0.6 is 0 Å². The van der Waals surface area contributed by atoms with Gasteiger partial charge in [0, 0.05) is 26.6 Å². The number of oxime groups is 1. The van der Waals surface area contributed by atoms with Gasteiger partial charge in [0.25, 0.3) is 5.91 Å². The number of phenolic OH excluding ortho intramolecular Hbond substituents is 1. The van der Waals surface area contributed by atoms with Gasteiger partial charge in [0.15, 0.2) is 0 Å². The first-order valence-corrected chi connectivity index (χ1v) is 6.23. The predicted octanol–water partition coefficient (Wildman–Crippen LogP) is 0.756. The molecule has 0 heterocycles. The van der Waals surface area contributed by atoms with Crippen molar-refractivity contribution >= 4 is 11.7 Å². The number of hydrogen-bond acceptors (Lipinski definition) is 5. The molecule has 0 aliphatic heterocycles. The zero-order valence-electron chi connectivity index (χ0n) is 11.6. The van der Waals surface area contributed by atoms with Gasteiger partial charge in [0.2, 0.25) is 0 Å². The molecule has 0 fully saturated rings. The second-order valence-electron chi connectivity index (χ2n) is 4.26. The van der Waals surface area contributed by atoms with Crippen LogP contribution in [0.5, 0.6) is 5.75 Å². The molecule has 1 aromatic rings. The molecule has 1 amide bonds. The van der Waals surface area contributed by atoms with Crippen molar-refractivity contribution < 1.29 is 24.2 Å². The number of benzene rings is 1. The summed E-state index contributed by atoms with van der Waals surface area (Å²) in [6, 6.07) is 3.62. The van der Waals surface area contributed by atoms with Gasteiger partial charge in [-0.2, -0.15) is 0 Å². The highest BCUT2D eigenvalue weighted by Crippen LogP contribution is 2.21. The van der Waals surface area contributed by atoms with Crippen LogP contribution in [-0.4, -0.2) is 53.8 Å². The molecule has 0 radical (unpaired) electrons. The van der Waals surface area contributed by atoms with Crippen molar-refractivity contribution in [1.82, 2.24) is 4.90 Å². The maximum absolute atomic E-state index is 13.7. The molecule has 0 unspecified atom stereocenters. The van der Waals surface area contributed by atoms with E-state index in [9.17, 15) is 14.3 Å². The minimum atomic E-state index is -0.814. The van der Waals surface area contributed by atoms with Crippen LogP contribution in [0.3, 0.4) is 0 Å². The van der Waals surface area contributed by atoms with Crippen LogP contribution in [0.4, 0.5) is 4.39 Å². The van der Waals surface area contributed by atoms with Crippen LogP contribution in [-0.2, 0) is 4.74 Å². The first kappa shape index (κ1) is 16.7. The Balaban J connectivity index is 2.93. The second kappa shape index (κ2) is 8.05. The number of halogens is 1. The first-order chi connectivity index (χ1) is 10.0. The average molecular weight is 299 g/mol. The van der Waals surface area contributed by atoms with E-state index in [-0.39, 0.29) is 32.0 Å². The lowest BCUT2D eigenvalue weighted by atomic mass is 10.1. The molecule has 0 spiro atoms. The molecule has 0 aliphatic rings. The third-order valence-electron chi connectivity index (χ3n) is 2.82. The summed E-state index contributed by atoms with van der Waals surface area (Å²) in [4.78, 5) is 13.6. The number of ether oxygens (including phenoxy) is 1. The highest BCUT2D eigenvalue weighted by molar-refractivity contribution is 5.97. The number of amides is 1. The van der Waals surface area contributed by atoms with Gasteiger partial charge >= 0.3 is 0 Å². The smallest absolute Gasteiger partial charge is 0.260 e. The summed E-state index contributed by atoms with van der Waals surface area (Å²) in [5.74, 6) is -1.99. The highest BCUT2D eigenvalue weighted by atomic mass is 19.1. The largest absolute Gasteiger partial charge is 0.507 e. The molecule has 0 bridgehead atoms. The summed E-state index contributed by atoms with van der Waals surface area (Å²) in [7, 11) is 1.47. The molecule has 0 saturated heterocycles. The summed E-state index contributed by atoms with van der Waals surface area (Å²) < 4.78 is 18.6. The Morgan fingerprint density at radius 2 is 2.19 bits per heavy atom. The van der Waals surface area contributed by atoms with E-state index in [4.69, 9.17) is 15.7 Å². The Kier molecular flexibility index (Phi) is 6.41. The Morgan fingerprint density at radius 3 is 2.76 bits per heavy atom. The van der Waals surface area contributed by atoms with E-state index < -0.39 is 23.0 Å². The monoisotopic (exact) mass is 299 g/mol. The van der Waals surface area contributed by atoms with Gasteiger partial charge in [-0.15, -0.1) is 0 Å². The van der Waals surface area contributed by atoms with E-state index in [1.54, 1.807) is 0 Å². The Bertz CT molecular complexity index is 502. The van der Waals surface area contributed by atoms with Crippen LogP contribution in [0, 0.1) is 5.82 Å². The number of nitrogens with two attached hydrogens (primary N) is 1. The summed E-state index contributed by atoms with van der Waals surface area (Å²) in [5.41, 5.74) is 4.95. The number of methoxy groups -OCH3 is 1. The van der Waals surface area contributed by atoms with Crippen LogP contribution in [0.25, 0.3) is 0 Å². The molecule has 21 heavy (non-hydrogen) atoms. The Labute approximate surface area is 121 Å². The molecule has 0 aromatic heterocycles. The SMILES string of the molecule is COCCN(CC/C(N)=N/O)C(=O)c1c(O)cccc1F. The Hall–Kier alpha value is -2.35. The zero-order chi connectivity index (χ0) is 15.8. The average Bonchev–Trinajstić information content (AvgIpc) is 2.46. The molecule has 1 rings (SSSR count). The van der Waals surface area contributed by atoms with E-state index in [0.717, 1.165) is 6.07 Å². The van der Waals surface area contributed by atoms with Gasteiger partial charge in [0.05, 0.1) is 6.61 Å². The van der Waals surface area contributed by atoms with Gasteiger partial charge in [-0.3, -0.25) is 4.79 Å². The fraction of sp³-hybridized carbons (Fsp3) is 0.385. The minimum Gasteiger partial charge on any atom is -0.507 e. The van der Waals surface area contributed by atoms with Crippen LogP contribution in [0.15, 0.2) is 23.4 Å². The number of nitrogens with zero attached hydrogens (tertiary/aromatic N) is 2. The van der Waals surface area contributed by atoms with Crippen LogP contribution in [0.1, 0.15) is 16.8 Å². The number of phenols is 1. The number of amidine groups is 1. The van der Waals surface area contributed by atoms with E-state index in [1.165, 1.54) is 24.1 Å². The van der Waals surface area contributed by atoms with Gasteiger partial charge in [-0.05, 0) is 12.1 Å². The van der Waals surface area contributed by atoms with Gasteiger partial charge in [-0.1, -0.05) is 11.2 Å². The summed E-state index contributed by atoms with van der Waals surface area (Å²) >= 11 is 0. The lowest BCUT2D eigenvalue weighted by molar-refractivity contribution is 0.0693. The third kappa shape index (κ3) is 4.60. The van der Waals surface area contributed by atoms with Crippen LogP contribution in [0.2, 0.25) is 0 Å². The van der Waals surface area contributed by atoms with Gasteiger partial charge in [-0.25, -0.2) is 4.39 Å². The standard InChI is InChI=1S/C13H18FN3O4/c1-21-8-7-17(6-5-11(15)16-20)13(19)12-9(14)3-2-4-10(12)18/h2-4,18,20H,5-8H2,1H3,(H2,15,16). The topological polar surface area (TPSA) is 108 Å². The molecule has 8 heteroatoms. The van der Waals surface area contributed by atoms with Crippen molar-refractivity contribution in [3.63, 3.8) is 0 Å². The van der Waals surface area contributed by atoms with E-state index in [2.05, 4.69) is 5.16 Å². The zero-order valence-corrected chi connectivity index (χ0v) is 11.6. The van der Waals surface area contributed by atoms with Crippen LogP contribution < -0.4 is 5.73 Å². The second-order valence-corrected chi connectivity index (χ2v) is 4.26. The molecule has 116 valence electrons. The van der Waals surface area contributed by atoms with Crippen molar-refractivity contribution in [2.75, 3.05) is 26.8 Å². The van der Waals surface area contributed by atoms with Crippen molar-refractivity contribution in [3.05, 3.63) is 29.6 Å². The number of rotatable bonds is 7. The van der Waals surface area contributed by atoms with Crippen molar-refractivity contribution in [2.24, 2.45) is 10.9 Å². The minimum absolute atomic E-state index is 0.0528. The predicted molar refractivity (Wildman–Crippen MR) is 73.9 cm³/mol. The molecular formula is C13H18FN3O4. The summed E-state index contributed by atoms with van der Waals surface area (Å²) in [5, 5.41) is 21.0. The quantitative estimate of drug-likeness (QED) is 0.298. The third-order valence-corrected chi connectivity index (χ3v) is 2.82. The van der Waals surface area contributed by atoms with E-state index >= 15 is 0 Å². The first-order valence-electron chi connectivity index (χ1n) is 6.23. The summed E-state index contributed by atoms with van der Waals surface area (Å²) in [6.07, 6.45) is 0.112. The van der Waals surface area contributed by atoms with Gasteiger partial charge in [0.1, 0.15) is 23.0 Å². The van der Waals surface area contributed by atoms with Crippen molar-refractivity contribution in [1.29, 1.82) is 0 Å². The molecule has 0 aliphatic carbocycles. The number of carbonyl (C=O) groups is 1.